The fraction of sp³-hybridized carbons (Fsp3) is 0.565. The van der Waals surface area contributed by atoms with Crippen LogP contribution in [0.1, 0.15) is 120 Å². The number of H-pyrrole nitrogens is 2. The molecule has 3 aliphatic carbocycles. The molecule has 0 radical (unpaired) electrons. The minimum atomic E-state index is -0.668. The van der Waals surface area contributed by atoms with Crippen LogP contribution in [0.25, 0.3) is 11.1 Å². The van der Waals surface area contributed by atoms with Crippen molar-refractivity contribution in [2.75, 3.05) is 40.5 Å². The number of methoxy groups -OCH3 is 2. The van der Waals surface area contributed by atoms with E-state index in [2.05, 4.69) is 51.0 Å². The summed E-state index contributed by atoms with van der Waals surface area (Å²) in [5.41, 5.74) is 8.52. The Kier molecular flexibility index (Phi) is 12.9. The first-order valence-electron chi connectivity index (χ1n) is 22.1. The lowest BCUT2D eigenvalue weighted by Crippen LogP contribution is -2.53. The van der Waals surface area contributed by atoms with Gasteiger partial charge in [0.25, 0.3) is 0 Å². The molecule has 8 rings (SSSR count). The number of fused-ring (bicyclic) bond motifs is 1. The van der Waals surface area contributed by atoms with Gasteiger partial charge in [-0.3, -0.25) is 9.59 Å². The van der Waals surface area contributed by atoms with Gasteiger partial charge in [-0.25, -0.2) is 19.6 Å². The average molecular weight is 837 g/mol. The fourth-order valence-corrected chi connectivity index (χ4v) is 10.0. The number of hydrogen-bond donors (Lipinski definition) is 4. The molecule has 4 amide bonds. The number of ether oxygens (including phenoxy) is 3. The molecule has 0 aromatic carbocycles. The molecule has 6 aliphatic rings. The van der Waals surface area contributed by atoms with Crippen molar-refractivity contribution in [1.29, 1.82) is 0 Å². The molecule has 2 aromatic heterocycles. The van der Waals surface area contributed by atoms with Gasteiger partial charge in [0.15, 0.2) is 0 Å². The number of hydrogen-bond acceptors (Lipinski definition) is 9. The SMILES string of the molecule is COC(=O)NC(C(=O)N1CCCC1c1ncc(C2=CC=C(C3=CC4=CC=C(c5cnc(C6CCCN6C(=O)C(NC(=O)OC)C6CCOCC6)[nH]5)CC4CC3)CC2)[nH]1)C(C)C. The average Bonchev–Trinajstić information content (AvgIpc) is 4.14. The molecule has 3 saturated heterocycles. The second-order valence-corrected chi connectivity index (χ2v) is 17.5. The standard InChI is InChI=1S/C46H60N8O7/c1-27(2)39(51-45(57)59-3)43(55)53-19-5-7-37(53)41-47-25-35(49-41)29-11-9-28(10-12-29)31-13-14-33-24-34(16-15-32(33)23-31)36-26-48-42(50-36)38-8-6-20-54(38)44(56)40(52-46(58)60-4)30-17-21-61-22-18-30/h9,11,15-16,23,25-27,30,33,37-40H,5-8,10,12-14,17-22,24H2,1-4H3,(H,47,49)(H,48,50)(H,51,57)(H,52,58). The molecule has 3 fully saturated rings. The summed E-state index contributed by atoms with van der Waals surface area (Å²) in [6, 6.07) is -1.68. The van der Waals surface area contributed by atoms with Gasteiger partial charge in [0.2, 0.25) is 11.8 Å². The third kappa shape index (κ3) is 9.12. The zero-order valence-electron chi connectivity index (χ0n) is 35.8. The van der Waals surface area contributed by atoms with Crippen molar-refractivity contribution in [1.82, 2.24) is 40.4 Å². The lowest BCUT2D eigenvalue weighted by molar-refractivity contribution is -0.137. The molecule has 3 aliphatic heterocycles. The molecule has 0 saturated carbocycles. The first-order chi connectivity index (χ1) is 29.6. The summed E-state index contributed by atoms with van der Waals surface area (Å²) in [6.45, 7) is 6.22. The highest BCUT2D eigenvalue weighted by molar-refractivity contribution is 5.87. The van der Waals surface area contributed by atoms with Crippen LogP contribution >= 0.6 is 0 Å². The van der Waals surface area contributed by atoms with E-state index in [1.165, 1.54) is 42.1 Å². The van der Waals surface area contributed by atoms with Crippen molar-refractivity contribution in [3.05, 3.63) is 82.5 Å². The second-order valence-electron chi connectivity index (χ2n) is 17.5. The maximum Gasteiger partial charge on any atom is 0.407 e. The Morgan fingerprint density at radius 3 is 1.93 bits per heavy atom. The van der Waals surface area contributed by atoms with Crippen LogP contribution in [0.2, 0.25) is 0 Å². The number of rotatable bonds is 11. The fourth-order valence-electron chi connectivity index (χ4n) is 10.0. The molecule has 61 heavy (non-hydrogen) atoms. The van der Waals surface area contributed by atoms with E-state index in [0.717, 1.165) is 80.8 Å². The lowest BCUT2D eigenvalue weighted by Gasteiger charge is -2.34. The summed E-state index contributed by atoms with van der Waals surface area (Å²) in [5, 5.41) is 5.55. The highest BCUT2D eigenvalue weighted by atomic mass is 16.5. The maximum absolute atomic E-state index is 14.0. The third-order valence-corrected chi connectivity index (χ3v) is 13.5. The molecule has 326 valence electrons. The van der Waals surface area contributed by atoms with E-state index in [0.29, 0.717) is 45.1 Å². The van der Waals surface area contributed by atoms with Gasteiger partial charge in [0, 0.05) is 26.3 Å². The van der Waals surface area contributed by atoms with Crippen LogP contribution < -0.4 is 10.6 Å². The van der Waals surface area contributed by atoms with Gasteiger partial charge in [0.1, 0.15) is 23.7 Å². The van der Waals surface area contributed by atoms with Crippen LogP contribution in [0, 0.1) is 17.8 Å². The van der Waals surface area contributed by atoms with Crippen LogP contribution in [0.5, 0.6) is 0 Å². The first kappa shape index (κ1) is 42.3. The Balaban J connectivity index is 0.914. The maximum atomic E-state index is 14.0. The molecule has 5 atom stereocenters. The van der Waals surface area contributed by atoms with Gasteiger partial charge >= 0.3 is 12.2 Å². The van der Waals surface area contributed by atoms with Gasteiger partial charge in [-0.05, 0) is 116 Å². The van der Waals surface area contributed by atoms with Crippen LogP contribution in [0.15, 0.2) is 59.5 Å². The second kappa shape index (κ2) is 18.7. The van der Waals surface area contributed by atoms with E-state index in [1.54, 1.807) is 0 Å². The zero-order chi connectivity index (χ0) is 42.6. The molecule has 4 N–H and O–H groups in total. The quantitative estimate of drug-likeness (QED) is 0.188. The number of nitrogens with zero attached hydrogens (tertiary/aromatic N) is 4. The summed E-state index contributed by atoms with van der Waals surface area (Å²) in [7, 11) is 2.62. The number of alkyl carbamates (subject to hydrolysis) is 2. The van der Waals surface area contributed by atoms with E-state index in [4.69, 9.17) is 24.2 Å². The number of amides is 4. The number of aromatic amines is 2. The van der Waals surface area contributed by atoms with E-state index >= 15 is 0 Å². The van der Waals surface area contributed by atoms with Crippen molar-refractivity contribution >= 4 is 35.1 Å². The number of imidazole rings is 2. The van der Waals surface area contributed by atoms with Crippen LogP contribution in [0.3, 0.4) is 0 Å². The van der Waals surface area contributed by atoms with Crippen molar-refractivity contribution in [2.45, 2.75) is 109 Å². The Morgan fingerprint density at radius 1 is 0.721 bits per heavy atom. The van der Waals surface area contributed by atoms with E-state index in [-0.39, 0.29) is 35.7 Å². The van der Waals surface area contributed by atoms with E-state index < -0.39 is 24.3 Å². The van der Waals surface area contributed by atoms with Gasteiger partial charge in [-0.2, -0.15) is 0 Å². The topological polar surface area (TPSA) is 184 Å². The number of likely N-dealkylation sites (tertiary alicyclic amines) is 2. The van der Waals surface area contributed by atoms with Gasteiger partial charge in [0.05, 0.1) is 50.1 Å². The molecule has 15 heteroatoms. The number of carbonyl (C=O) groups excluding carboxylic acids is 4. The molecule has 0 bridgehead atoms. The van der Waals surface area contributed by atoms with Crippen molar-refractivity contribution in [2.24, 2.45) is 17.8 Å². The van der Waals surface area contributed by atoms with Crippen LogP contribution in [-0.4, -0.2) is 106 Å². The predicted molar refractivity (Wildman–Crippen MR) is 228 cm³/mol. The molecule has 5 unspecified atom stereocenters. The monoisotopic (exact) mass is 836 g/mol. The zero-order valence-corrected chi connectivity index (χ0v) is 35.8. The van der Waals surface area contributed by atoms with Gasteiger partial charge in [-0.1, -0.05) is 44.2 Å². The Bertz CT molecular complexity index is 2140. The Hall–Kier alpha value is -5.44. The normalized spacial score (nSPS) is 24.1. The van der Waals surface area contributed by atoms with E-state index in [9.17, 15) is 19.2 Å². The van der Waals surface area contributed by atoms with Gasteiger partial charge < -0.3 is 44.6 Å². The van der Waals surface area contributed by atoms with Gasteiger partial charge in [-0.15, -0.1) is 0 Å². The predicted octanol–water partition coefficient (Wildman–Crippen LogP) is 6.85. The molecular formula is C46H60N8O7. The lowest BCUT2D eigenvalue weighted by atomic mass is 9.75. The molecule has 15 nitrogen and oxygen atoms in total. The number of allylic oxidation sites excluding steroid dienone is 10. The summed E-state index contributed by atoms with van der Waals surface area (Å²) in [4.78, 5) is 72.3. The molecule has 0 spiro atoms. The number of aromatic nitrogens is 4. The number of nitrogens with one attached hydrogen (secondary N) is 4. The first-order valence-corrected chi connectivity index (χ1v) is 22.1. The molecule has 2 aromatic rings. The molecular weight excluding hydrogens is 777 g/mol. The highest BCUT2D eigenvalue weighted by Crippen LogP contribution is 2.43. The minimum Gasteiger partial charge on any atom is -0.453 e. The summed E-state index contributed by atoms with van der Waals surface area (Å²) < 4.78 is 15.2. The molecule has 5 heterocycles. The van der Waals surface area contributed by atoms with Crippen LogP contribution in [0.4, 0.5) is 9.59 Å². The number of carbonyl (C=O) groups is 4. The summed E-state index contributed by atoms with van der Waals surface area (Å²) in [6.07, 6.45) is 23.6. The Labute approximate surface area is 357 Å². The van der Waals surface area contributed by atoms with E-state index in [1.807, 2.05) is 36.0 Å². The third-order valence-electron chi connectivity index (χ3n) is 13.5. The minimum absolute atomic E-state index is 0.00962. The van der Waals surface area contributed by atoms with Crippen molar-refractivity contribution in [3.63, 3.8) is 0 Å². The van der Waals surface area contributed by atoms with Crippen molar-refractivity contribution in [3.8, 4) is 0 Å². The smallest absolute Gasteiger partial charge is 0.407 e. The summed E-state index contributed by atoms with van der Waals surface area (Å²) in [5.74, 6) is 1.69. The summed E-state index contributed by atoms with van der Waals surface area (Å²) >= 11 is 0. The van der Waals surface area contributed by atoms with Crippen molar-refractivity contribution < 1.29 is 33.4 Å². The van der Waals surface area contributed by atoms with Crippen LogP contribution in [-0.2, 0) is 23.8 Å². The largest absolute Gasteiger partial charge is 0.453 e. The Morgan fingerprint density at radius 2 is 1.31 bits per heavy atom. The highest BCUT2D eigenvalue weighted by Gasteiger charge is 2.41.